The van der Waals surface area contributed by atoms with Crippen molar-refractivity contribution in [1.29, 1.82) is 0 Å². The second-order valence-corrected chi connectivity index (χ2v) is 9.02. The first kappa shape index (κ1) is 17.9. The fraction of sp³-hybridized carbons (Fsp3) is 0.200. The van der Waals surface area contributed by atoms with Gasteiger partial charge in [-0.3, -0.25) is 9.36 Å². The minimum Gasteiger partial charge on any atom is -0.282 e. The zero-order valence-corrected chi connectivity index (χ0v) is 17.2. The Morgan fingerprint density at radius 1 is 1.08 bits per heavy atom. The van der Waals surface area contributed by atoms with Crippen LogP contribution in [0.25, 0.3) is 0 Å². The molecule has 1 aromatic heterocycles. The predicted octanol–water partition coefficient (Wildman–Crippen LogP) is 4.99. The van der Waals surface area contributed by atoms with Gasteiger partial charge < -0.3 is 0 Å². The molecule has 0 saturated heterocycles. The highest BCUT2D eigenvalue weighted by molar-refractivity contribution is 9.10. The maximum Gasteiger partial charge on any atom is 0.268 e. The van der Waals surface area contributed by atoms with Crippen LogP contribution in [-0.4, -0.2) is 15.3 Å². The Morgan fingerprint density at radius 2 is 1.85 bits per heavy atom. The van der Waals surface area contributed by atoms with Crippen LogP contribution in [0, 0.1) is 0 Å². The third-order valence-corrected chi connectivity index (χ3v) is 6.90. The lowest BCUT2D eigenvalue weighted by Crippen LogP contribution is -2.25. The molecular weight excluding hydrogens is 428 g/mol. The number of aryl methyl sites for hydroxylation is 1. The van der Waals surface area contributed by atoms with Gasteiger partial charge in [0.05, 0.1) is 17.1 Å². The summed E-state index contributed by atoms with van der Waals surface area (Å²) in [5.41, 5.74) is 3.39. The number of hydrogen-bond donors (Lipinski definition) is 0. The van der Waals surface area contributed by atoms with E-state index < -0.39 is 0 Å². The molecule has 0 N–H and O–H groups in total. The molecule has 4 rings (SSSR count). The molecule has 0 radical (unpaired) electrons. The van der Waals surface area contributed by atoms with E-state index in [1.165, 1.54) is 5.56 Å². The van der Waals surface area contributed by atoms with E-state index in [9.17, 15) is 4.79 Å². The van der Waals surface area contributed by atoms with E-state index in [-0.39, 0.29) is 5.56 Å². The Balaban J connectivity index is 1.66. The first-order valence-corrected chi connectivity index (χ1v) is 11.1. The largest absolute Gasteiger partial charge is 0.282 e. The molecule has 0 bridgehead atoms. The van der Waals surface area contributed by atoms with Gasteiger partial charge in [0.2, 0.25) is 0 Å². The fourth-order valence-corrected chi connectivity index (χ4v) is 5.15. The van der Waals surface area contributed by atoms with E-state index >= 15 is 0 Å². The Labute approximate surface area is 169 Å². The number of benzene rings is 2. The van der Waals surface area contributed by atoms with Gasteiger partial charge in [-0.25, -0.2) is 4.98 Å². The summed E-state index contributed by atoms with van der Waals surface area (Å²) < 4.78 is 2.90. The number of halogens is 1. The summed E-state index contributed by atoms with van der Waals surface area (Å²) in [6.07, 6.45) is 0.882. The molecule has 2 aromatic carbocycles. The Bertz CT molecular complexity index is 972. The number of hydrogen-bond acceptors (Lipinski definition) is 4. The lowest BCUT2D eigenvalue weighted by Gasteiger charge is -2.14. The minimum atomic E-state index is 0.0969. The topological polar surface area (TPSA) is 34.9 Å². The van der Waals surface area contributed by atoms with Crippen LogP contribution in [0.5, 0.6) is 0 Å². The van der Waals surface area contributed by atoms with Crippen molar-refractivity contribution in [3.63, 3.8) is 0 Å². The molecule has 0 amide bonds. The molecule has 0 aliphatic carbocycles. The van der Waals surface area contributed by atoms with Crippen LogP contribution in [0.4, 0.5) is 0 Å². The third kappa shape index (κ3) is 3.92. The quantitative estimate of drug-likeness (QED) is 0.409. The van der Waals surface area contributed by atoms with E-state index in [4.69, 9.17) is 4.98 Å². The second-order valence-electron chi connectivity index (χ2n) is 6.06. The average Bonchev–Trinajstić information content (AvgIpc) is 3.13. The van der Waals surface area contributed by atoms with Gasteiger partial charge in [0, 0.05) is 22.4 Å². The lowest BCUT2D eigenvalue weighted by molar-refractivity contribution is 0.616. The van der Waals surface area contributed by atoms with Crippen molar-refractivity contribution < 1.29 is 0 Å². The van der Waals surface area contributed by atoms with Crippen LogP contribution in [0.15, 0.2) is 73.9 Å². The van der Waals surface area contributed by atoms with E-state index in [2.05, 4.69) is 40.2 Å². The van der Waals surface area contributed by atoms with Gasteiger partial charge in [-0.1, -0.05) is 70.2 Å². The van der Waals surface area contributed by atoms with Gasteiger partial charge in [-0.05, 0) is 23.3 Å². The summed E-state index contributed by atoms with van der Waals surface area (Å²) in [5, 5.41) is 0.808. The highest BCUT2D eigenvalue weighted by Gasteiger charge is 2.21. The van der Waals surface area contributed by atoms with Crippen molar-refractivity contribution in [3.05, 3.63) is 86.2 Å². The number of fused-ring (bicyclic) bond motifs is 1. The monoisotopic (exact) mass is 444 g/mol. The van der Waals surface area contributed by atoms with Gasteiger partial charge >= 0.3 is 0 Å². The highest BCUT2D eigenvalue weighted by atomic mass is 79.9. The number of thioether (sulfide) groups is 2. The van der Waals surface area contributed by atoms with Gasteiger partial charge in [0.1, 0.15) is 0 Å². The van der Waals surface area contributed by atoms with Crippen molar-refractivity contribution in [2.45, 2.75) is 28.8 Å². The molecule has 0 fully saturated rings. The maximum atomic E-state index is 13.0. The van der Waals surface area contributed by atoms with Crippen molar-refractivity contribution in [2.24, 2.45) is 0 Å². The SMILES string of the molecule is O=c1c2c(nc(SCc3ccc(Br)cc3)n1Cc1ccccc1)CCS2. The molecule has 2 heterocycles. The molecular formula is C20H17BrN2OS2. The van der Waals surface area contributed by atoms with Crippen molar-refractivity contribution >= 4 is 39.5 Å². The van der Waals surface area contributed by atoms with Crippen LogP contribution in [-0.2, 0) is 18.7 Å². The van der Waals surface area contributed by atoms with Crippen molar-refractivity contribution in [1.82, 2.24) is 9.55 Å². The Morgan fingerprint density at radius 3 is 2.62 bits per heavy atom. The highest BCUT2D eigenvalue weighted by Crippen LogP contribution is 2.30. The van der Waals surface area contributed by atoms with Crippen LogP contribution in [0.1, 0.15) is 16.8 Å². The number of nitrogens with zero attached hydrogens (tertiary/aromatic N) is 2. The smallest absolute Gasteiger partial charge is 0.268 e. The van der Waals surface area contributed by atoms with Crippen molar-refractivity contribution in [3.8, 4) is 0 Å². The van der Waals surface area contributed by atoms with Crippen molar-refractivity contribution in [2.75, 3.05) is 5.75 Å². The molecule has 0 unspecified atom stereocenters. The van der Waals surface area contributed by atoms with Gasteiger partial charge in [0.25, 0.3) is 5.56 Å². The summed E-state index contributed by atoms with van der Waals surface area (Å²) in [5.74, 6) is 1.74. The Kier molecular flexibility index (Phi) is 5.52. The average molecular weight is 445 g/mol. The van der Waals surface area contributed by atoms with Gasteiger partial charge in [-0.15, -0.1) is 11.8 Å². The summed E-state index contributed by atoms with van der Waals surface area (Å²) in [6.45, 7) is 0.559. The van der Waals surface area contributed by atoms with E-state index in [0.717, 1.165) is 43.7 Å². The summed E-state index contributed by atoms with van der Waals surface area (Å²) in [4.78, 5) is 18.7. The molecule has 0 spiro atoms. The third-order valence-electron chi connectivity index (χ3n) is 4.21. The summed E-state index contributed by atoms with van der Waals surface area (Å²) in [7, 11) is 0. The van der Waals surface area contributed by atoms with E-state index in [1.54, 1.807) is 23.5 Å². The van der Waals surface area contributed by atoms with Crippen LogP contribution < -0.4 is 5.56 Å². The first-order chi connectivity index (χ1) is 12.7. The molecule has 1 aliphatic rings. The molecule has 3 aromatic rings. The number of rotatable bonds is 5. The molecule has 132 valence electrons. The zero-order valence-electron chi connectivity index (χ0n) is 14.0. The molecule has 3 nitrogen and oxygen atoms in total. The Hall–Kier alpha value is -1.50. The van der Waals surface area contributed by atoms with Crippen LogP contribution >= 0.6 is 39.5 Å². The van der Waals surface area contributed by atoms with Crippen LogP contribution in [0.3, 0.4) is 0 Å². The number of aromatic nitrogens is 2. The molecule has 0 atom stereocenters. The zero-order chi connectivity index (χ0) is 17.9. The van der Waals surface area contributed by atoms with Gasteiger partial charge in [-0.2, -0.15) is 0 Å². The van der Waals surface area contributed by atoms with Crippen LogP contribution in [0.2, 0.25) is 0 Å². The molecule has 1 aliphatic heterocycles. The first-order valence-electron chi connectivity index (χ1n) is 8.38. The van der Waals surface area contributed by atoms with E-state index in [0.29, 0.717) is 6.54 Å². The summed E-state index contributed by atoms with van der Waals surface area (Å²) >= 11 is 6.73. The summed E-state index contributed by atoms with van der Waals surface area (Å²) in [6, 6.07) is 18.4. The van der Waals surface area contributed by atoms with Gasteiger partial charge in [0.15, 0.2) is 5.16 Å². The maximum absolute atomic E-state index is 13.0. The standard InChI is InChI=1S/C20H17BrN2OS2/c21-16-8-6-15(7-9-16)13-26-20-22-17-10-11-25-18(17)19(24)23(20)12-14-4-2-1-3-5-14/h1-9H,10-13H2. The molecule has 0 saturated carbocycles. The predicted molar refractivity (Wildman–Crippen MR) is 112 cm³/mol. The lowest BCUT2D eigenvalue weighted by atomic mass is 10.2. The molecule has 6 heteroatoms. The fourth-order valence-electron chi connectivity index (χ4n) is 2.87. The second kappa shape index (κ2) is 8.03. The molecule has 26 heavy (non-hydrogen) atoms. The minimum absolute atomic E-state index is 0.0969. The van der Waals surface area contributed by atoms with E-state index in [1.807, 2.05) is 34.9 Å². The normalized spacial score (nSPS) is 13.0.